The molecule has 0 aliphatic carbocycles. The van der Waals surface area contributed by atoms with Gasteiger partial charge >= 0.3 is 11.5 Å². The van der Waals surface area contributed by atoms with Gasteiger partial charge in [0.2, 0.25) is 0 Å². The van der Waals surface area contributed by atoms with Crippen molar-refractivity contribution in [3.8, 4) is 11.6 Å². The van der Waals surface area contributed by atoms with E-state index < -0.39 is 18.1 Å². The molecule has 0 atom stereocenters. The normalized spacial score (nSPS) is 10.8. The lowest BCUT2D eigenvalue weighted by molar-refractivity contribution is -0.137. The molecule has 1 heterocycles. The molecule has 24 heavy (non-hydrogen) atoms. The van der Waals surface area contributed by atoms with Crippen molar-refractivity contribution in [1.29, 1.82) is 0 Å². The maximum Gasteiger partial charge on any atom is 0.323 e. The number of hydrogen-bond donors (Lipinski definition) is 1. The molecule has 0 spiro atoms. The number of fused-ring (bicyclic) bond motifs is 1. The van der Waals surface area contributed by atoms with Crippen LogP contribution in [0.4, 0.5) is 0 Å². The molecule has 0 bridgehead atoms. The lowest BCUT2D eigenvalue weighted by Crippen LogP contribution is -2.26. The van der Waals surface area contributed by atoms with Gasteiger partial charge in [-0.2, -0.15) is 0 Å². The fourth-order valence-electron chi connectivity index (χ4n) is 2.17. The van der Waals surface area contributed by atoms with Gasteiger partial charge < -0.3 is 9.84 Å². The summed E-state index contributed by atoms with van der Waals surface area (Å²) in [7, 11) is 0. The van der Waals surface area contributed by atoms with E-state index in [9.17, 15) is 9.59 Å². The third-order valence-electron chi connectivity index (χ3n) is 3.20. The van der Waals surface area contributed by atoms with Crippen molar-refractivity contribution in [1.82, 2.24) is 9.55 Å². The Hall–Kier alpha value is -2.19. The van der Waals surface area contributed by atoms with Gasteiger partial charge in [0.15, 0.2) is 0 Å². The first kappa shape index (κ1) is 16.7. The van der Waals surface area contributed by atoms with Gasteiger partial charge in [0.1, 0.15) is 12.3 Å². The highest BCUT2D eigenvalue weighted by molar-refractivity contribution is 9.10. The van der Waals surface area contributed by atoms with E-state index >= 15 is 0 Å². The topological polar surface area (TPSA) is 81.4 Å². The van der Waals surface area contributed by atoms with Crippen molar-refractivity contribution in [3.05, 3.63) is 61.8 Å². The number of halogens is 2. The number of carboxylic acids is 1. The van der Waals surface area contributed by atoms with E-state index in [1.807, 2.05) is 0 Å². The van der Waals surface area contributed by atoms with Crippen molar-refractivity contribution in [2.75, 3.05) is 0 Å². The van der Waals surface area contributed by atoms with E-state index in [1.165, 1.54) is 0 Å². The summed E-state index contributed by atoms with van der Waals surface area (Å²) >= 11 is 6.65. The van der Waals surface area contributed by atoms with Crippen LogP contribution in [0.1, 0.15) is 0 Å². The van der Waals surface area contributed by atoms with Crippen molar-refractivity contribution in [3.63, 3.8) is 0 Å². The molecule has 0 amide bonds. The first-order chi connectivity index (χ1) is 11.4. The number of benzene rings is 2. The summed E-state index contributed by atoms with van der Waals surface area (Å²) in [6.45, 7) is -0.476. The van der Waals surface area contributed by atoms with Crippen LogP contribution >= 0.6 is 31.9 Å². The zero-order valence-corrected chi connectivity index (χ0v) is 15.2. The van der Waals surface area contributed by atoms with Crippen molar-refractivity contribution >= 4 is 48.9 Å². The average Bonchev–Trinajstić information content (AvgIpc) is 2.53. The SMILES string of the molecule is O=C(O)Cn1c(=O)c(Oc2ccc(Br)cc2)nc2cc(Br)ccc21. The Bertz CT molecular complexity index is 984. The zero-order valence-electron chi connectivity index (χ0n) is 12.1. The minimum Gasteiger partial charge on any atom is -0.480 e. The van der Waals surface area contributed by atoms with E-state index in [2.05, 4.69) is 36.8 Å². The minimum absolute atomic E-state index is 0.177. The highest BCUT2D eigenvalue weighted by Crippen LogP contribution is 2.23. The van der Waals surface area contributed by atoms with Crippen LogP contribution in [-0.2, 0) is 11.3 Å². The second-order valence-electron chi connectivity index (χ2n) is 4.89. The Labute approximate surface area is 153 Å². The van der Waals surface area contributed by atoms with Crippen LogP contribution in [0.2, 0.25) is 0 Å². The highest BCUT2D eigenvalue weighted by atomic mass is 79.9. The van der Waals surface area contributed by atoms with Gasteiger partial charge in [-0.05, 0) is 42.5 Å². The van der Waals surface area contributed by atoms with Gasteiger partial charge in [-0.15, -0.1) is 0 Å². The Kier molecular flexibility index (Phi) is 4.68. The number of nitrogens with zero attached hydrogens (tertiary/aromatic N) is 2. The van der Waals surface area contributed by atoms with Gasteiger partial charge in [0, 0.05) is 8.95 Å². The molecule has 0 unspecified atom stereocenters. The van der Waals surface area contributed by atoms with Gasteiger partial charge in [-0.3, -0.25) is 14.2 Å². The lowest BCUT2D eigenvalue weighted by Gasteiger charge is -2.11. The average molecular weight is 454 g/mol. The van der Waals surface area contributed by atoms with Crippen LogP contribution in [0.3, 0.4) is 0 Å². The summed E-state index contributed by atoms with van der Waals surface area (Å²) in [4.78, 5) is 27.9. The lowest BCUT2D eigenvalue weighted by atomic mass is 10.3. The molecule has 6 nitrogen and oxygen atoms in total. The van der Waals surface area contributed by atoms with Gasteiger partial charge in [-0.25, -0.2) is 4.98 Å². The van der Waals surface area contributed by atoms with E-state index in [4.69, 9.17) is 9.84 Å². The molecule has 0 aliphatic rings. The van der Waals surface area contributed by atoms with Gasteiger partial charge in [-0.1, -0.05) is 31.9 Å². The molecule has 1 aromatic heterocycles. The number of aliphatic carboxylic acids is 1. The molecule has 0 saturated heterocycles. The predicted octanol–water partition coefficient (Wildman–Crippen LogP) is 3.80. The van der Waals surface area contributed by atoms with Crippen LogP contribution < -0.4 is 10.3 Å². The van der Waals surface area contributed by atoms with Crippen molar-refractivity contribution < 1.29 is 14.6 Å². The monoisotopic (exact) mass is 452 g/mol. The Morgan fingerprint density at radius 1 is 1.12 bits per heavy atom. The van der Waals surface area contributed by atoms with E-state index in [1.54, 1.807) is 42.5 Å². The molecule has 3 rings (SSSR count). The summed E-state index contributed by atoms with van der Waals surface area (Å²) < 4.78 is 8.32. The number of ether oxygens (including phenoxy) is 1. The van der Waals surface area contributed by atoms with E-state index in [0.717, 1.165) is 13.5 Å². The summed E-state index contributed by atoms with van der Waals surface area (Å²) in [6.07, 6.45) is 0. The molecule has 122 valence electrons. The quantitative estimate of drug-likeness (QED) is 0.649. The molecule has 0 radical (unpaired) electrons. The van der Waals surface area contributed by atoms with Crippen molar-refractivity contribution in [2.45, 2.75) is 6.54 Å². The number of carbonyl (C=O) groups is 1. The second-order valence-corrected chi connectivity index (χ2v) is 6.72. The highest BCUT2D eigenvalue weighted by Gasteiger charge is 2.15. The molecule has 2 aromatic carbocycles. The smallest absolute Gasteiger partial charge is 0.323 e. The van der Waals surface area contributed by atoms with Crippen LogP contribution in [0, 0.1) is 0 Å². The summed E-state index contributed by atoms with van der Waals surface area (Å²) in [5.41, 5.74) is 0.279. The standard InChI is InChI=1S/C16H10Br2N2O4/c17-9-1-4-11(5-2-9)24-15-16(23)20(8-14(21)22)13-6-3-10(18)7-12(13)19-15/h1-7H,8H2,(H,21,22). The Morgan fingerprint density at radius 2 is 1.79 bits per heavy atom. The van der Waals surface area contributed by atoms with Crippen LogP contribution in [-0.4, -0.2) is 20.6 Å². The molecular formula is C16H10Br2N2O4. The fraction of sp³-hybridized carbons (Fsp3) is 0.0625. The number of rotatable bonds is 4. The molecular weight excluding hydrogens is 444 g/mol. The van der Waals surface area contributed by atoms with Crippen LogP contribution in [0.15, 0.2) is 56.2 Å². The predicted molar refractivity (Wildman–Crippen MR) is 95.6 cm³/mol. The number of carboxylic acid groups (broad SMARTS) is 1. The summed E-state index contributed by atoms with van der Waals surface area (Å²) in [5.74, 6) is -0.870. The summed E-state index contributed by atoms with van der Waals surface area (Å²) in [5, 5.41) is 9.08. The Morgan fingerprint density at radius 3 is 2.46 bits per heavy atom. The second kappa shape index (κ2) is 6.74. The van der Waals surface area contributed by atoms with Crippen LogP contribution in [0.25, 0.3) is 11.0 Å². The largest absolute Gasteiger partial charge is 0.480 e. The molecule has 0 aliphatic heterocycles. The van der Waals surface area contributed by atoms with Crippen LogP contribution in [0.5, 0.6) is 11.6 Å². The Balaban J connectivity index is 2.16. The molecule has 1 N–H and O–H groups in total. The molecule has 3 aromatic rings. The fourth-order valence-corrected chi connectivity index (χ4v) is 2.78. The molecule has 8 heteroatoms. The number of aromatic nitrogens is 2. The summed E-state index contributed by atoms with van der Waals surface area (Å²) in [6, 6.07) is 11.9. The maximum atomic E-state index is 12.6. The number of hydrogen-bond acceptors (Lipinski definition) is 4. The van der Waals surface area contributed by atoms with Gasteiger partial charge in [0.05, 0.1) is 11.0 Å². The third-order valence-corrected chi connectivity index (χ3v) is 4.22. The first-order valence-corrected chi connectivity index (χ1v) is 8.38. The van der Waals surface area contributed by atoms with Gasteiger partial charge in [0.25, 0.3) is 5.88 Å². The third kappa shape index (κ3) is 3.49. The first-order valence-electron chi connectivity index (χ1n) is 6.79. The minimum atomic E-state index is -1.12. The zero-order chi connectivity index (χ0) is 17.3. The van der Waals surface area contributed by atoms with E-state index in [0.29, 0.717) is 16.8 Å². The molecule has 0 saturated carbocycles. The molecule has 0 fully saturated rings. The van der Waals surface area contributed by atoms with Crippen molar-refractivity contribution in [2.24, 2.45) is 0 Å². The maximum absolute atomic E-state index is 12.6. The van der Waals surface area contributed by atoms with E-state index in [-0.39, 0.29) is 5.88 Å².